The molecule has 1 rings (SSSR count). The van der Waals surface area contributed by atoms with Crippen LogP contribution in [0.3, 0.4) is 0 Å². The first kappa shape index (κ1) is 13.3. The third-order valence-electron chi connectivity index (χ3n) is 2.61. The smallest absolute Gasteiger partial charge is 0.120 e. The Balaban J connectivity index is 2.83. The summed E-state index contributed by atoms with van der Waals surface area (Å²) in [6.07, 6.45) is 0.999. The lowest BCUT2D eigenvalue weighted by atomic mass is 10.0. The fraction of sp³-hybridized carbons (Fsp3) is 0.500. The molecule has 0 aliphatic heterocycles. The van der Waals surface area contributed by atoms with Gasteiger partial charge in [0.1, 0.15) is 5.75 Å². The average molecular weight is 243 g/mol. The third-order valence-corrected chi connectivity index (χ3v) is 2.94. The molecule has 0 aliphatic rings. The standard InChI is InChI=1S/C12H19ClN2O/c1-14-7-6-12(15-2)10-5-4-9(16-3)8-11(10)13/h4-5,8,12,14-15H,6-7H2,1-3H3. The predicted octanol–water partition coefficient (Wildman–Crippen LogP) is 2.22. The minimum absolute atomic E-state index is 0.269. The van der Waals surface area contributed by atoms with E-state index in [2.05, 4.69) is 10.6 Å². The van der Waals surface area contributed by atoms with E-state index in [9.17, 15) is 0 Å². The van der Waals surface area contributed by atoms with Crippen LogP contribution >= 0.6 is 11.6 Å². The van der Waals surface area contributed by atoms with E-state index in [-0.39, 0.29) is 6.04 Å². The van der Waals surface area contributed by atoms with Crippen LogP contribution in [0.2, 0.25) is 5.02 Å². The molecule has 0 aromatic heterocycles. The Morgan fingerprint density at radius 1 is 1.38 bits per heavy atom. The fourth-order valence-electron chi connectivity index (χ4n) is 1.66. The van der Waals surface area contributed by atoms with Crippen LogP contribution in [0.1, 0.15) is 18.0 Å². The molecule has 3 nitrogen and oxygen atoms in total. The minimum Gasteiger partial charge on any atom is -0.497 e. The molecule has 2 N–H and O–H groups in total. The van der Waals surface area contributed by atoms with Crippen LogP contribution in [-0.2, 0) is 0 Å². The summed E-state index contributed by atoms with van der Waals surface area (Å²) < 4.78 is 5.13. The van der Waals surface area contributed by atoms with Gasteiger partial charge in [0.15, 0.2) is 0 Å². The number of rotatable bonds is 6. The van der Waals surface area contributed by atoms with Crippen LogP contribution < -0.4 is 15.4 Å². The number of ether oxygens (including phenoxy) is 1. The molecule has 0 bridgehead atoms. The summed E-state index contributed by atoms with van der Waals surface area (Å²) >= 11 is 6.22. The number of hydrogen-bond donors (Lipinski definition) is 2. The quantitative estimate of drug-likeness (QED) is 0.803. The van der Waals surface area contributed by atoms with Gasteiger partial charge in [0.2, 0.25) is 0 Å². The van der Waals surface area contributed by atoms with Crippen LogP contribution in [0.4, 0.5) is 0 Å². The van der Waals surface area contributed by atoms with Crippen LogP contribution in [0.15, 0.2) is 18.2 Å². The molecule has 1 atom stereocenters. The highest BCUT2D eigenvalue weighted by atomic mass is 35.5. The van der Waals surface area contributed by atoms with Gasteiger partial charge in [-0.1, -0.05) is 17.7 Å². The van der Waals surface area contributed by atoms with Crippen molar-refractivity contribution in [1.29, 1.82) is 0 Å². The van der Waals surface area contributed by atoms with Gasteiger partial charge in [-0.2, -0.15) is 0 Å². The van der Waals surface area contributed by atoms with Gasteiger partial charge >= 0.3 is 0 Å². The molecule has 1 aromatic rings. The molecule has 0 saturated carbocycles. The van der Waals surface area contributed by atoms with Crippen LogP contribution in [0, 0.1) is 0 Å². The molecule has 0 spiro atoms. The highest BCUT2D eigenvalue weighted by Gasteiger charge is 2.12. The molecule has 0 amide bonds. The molecule has 1 aromatic carbocycles. The summed E-state index contributed by atoms with van der Waals surface area (Å²) in [5.74, 6) is 0.789. The lowest BCUT2D eigenvalue weighted by Crippen LogP contribution is -2.21. The second-order valence-electron chi connectivity index (χ2n) is 3.62. The summed E-state index contributed by atoms with van der Waals surface area (Å²) in [5, 5.41) is 7.15. The van der Waals surface area contributed by atoms with Crippen LogP contribution in [-0.4, -0.2) is 27.7 Å². The van der Waals surface area contributed by atoms with E-state index >= 15 is 0 Å². The summed E-state index contributed by atoms with van der Waals surface area (Å²) in [6, 6.07) is 6.06. The summed E-state index contributed by atoms with van der Waals surface area (Å²) in [7, 11) is 5.53. The number of benzene rings is 1. The van der Waals surface area contributed by atoms with E-state index in [1.165, 1.54) is 0 Å². The molecular weight excluding hydrogens is 224 g/mol. The Labute approximate surface area is 102 Å². The molecule has 0 radical (unpaired) electrons. The predicted molar refractivity (Wildman–Crippen MR) is 68.3 cm³/mol. The van der Waals surface area contributed by atoms with Crippen molar-refractivity contribution in [2.24, 2.45) is 0 Å². The van der Waals surface area contributed by atoms with E-state index in [4.69, 9.17) is 16.3 Å². The number of halogens is 1. The number of methoxy groups -OCH3 is 1. The molecular formula is C12H19ClN2O. The normalized spacial score (nSPS) is 12.5. The first-order valence-corrected chi connectivity index (χ1v) is 5.76. The van der Waals surface area contributed by atoms with Gasteiger partial charge in [-0.05, 0) is 44.8 Å². The Kier molecular flexibility index (Phi) is 5.60. The number of nitrogens with one attached hydrogen (secondary N) is 2. The first-order chi connectivity index (χ1) is 7.72. The van der Waals surface area contributed by atoms with Crippen molar-refractivity contribution in [2.75, 3.05) is 27.7 Å². The lowest BCUT2D eigenvalue weighted by Gasteiger charge is -2.18. The van der Waals surface area contributed by atoms with E-state index in [0.717, 1.165) is 29.3 Å². The van der Waals surface area contributed by atoms with Gasteiger partial charge in [0.25, 0.3) is 0 Å². The maximum atomic E-state index is 6.22. The van der Waals surface area contributed by atoms with Crippen LogP contribution in [0.5, 0.6) is 5.75 Å². The first-order valence-electron chi connectivity index (χ1n) is 5.38. The highest BCUT2D eigenvalue weighted by Crippen LogP contribution is 2.28. The van der Waals surface area contributed by atoms with Gasteiger partial charge in [-0.15, -0.1) is 0 Å². The van der Waals surface area contributed by atoms with E-state index in [1.54, 1.807) is 7.11 Å². The molecule has 4 heteroatoms. The monoisotopic (exact) mass is 242 g/mol. The van der Waals surface area contributed by atoms with Crippen molar-refractivity contribution >= 4 is 11.6 Å². The second-order valence-corrected chi connectivity index (χ2v) is 4.03. The minimum atomic E-state index is 0.269. The van der Waals surface area contributed by atoms with Gasteiger partial charge in [0.05, 0.1) is 7.11 Å². The Hall–Kier alpha value is -0.770. The SMILES string of the molecule is CNCCC(NC)c1ccc(OC)cc1Cl. The molecule has 0 fully saturated rings. The largest absolute Gasteiger partial charge is 0.497 e. The second kappa shape index (κ2) is 6.74. The maximum Gasteiger partial charge on any atom is 0.120 e. The van der Waals surface area contributed by atoms with Crippen molar-refractivity contribution in [3.8, 4) is 5.75 Å². The lowest BCUT2D eigenvalue weighted by molar-refractivity contribution is 0.414. The zero-order chi connectivity index (χ0) is 12.0. The van der Waals surface area contributed by atoms with Crippen molar-refractivity contribution in [1.82, 2.24) is 10.6 Å². The van der Waals surface area contributed by atoms with Crippen molar-refractivity contribution < 1.29 is 4.74 Å². The molecule has 0 heterocycles. The van der Waals surface area contributed by atoms with Gasteiger partial charge < -0.3 is 15.4 Å². The third kappa shape index (κ3) is 3.37. The zero-order valence-corrected chi connectivity index (χ0v) is 10.8. The molecule has 0 saturated heterocycles. The summed E-state index contributed by atoms with van der Waals surface area (Å²) in [6.45, 7) is 0.952. The topological polar surface area (TPSA) is 33.3 Å². The fourth-order valence-corrected chi connectivity index (χ4v) is 1.96. The van der Waals surface area contributed by atoms with Crippen LogP contribution in [0.25, 0.3) is 0 Å². The number of hydrogen-bond acceptors (Lipinski definition) is 3. The summed E-state index contributed by atoms with van der Waals surface area (Å²) in [4.78, 5) is 0. The zero-order valence-electron chi connectivity index (χ0n) is 10.0. The van der Waals surface area contributed by atoms with Gasteiger partial charge in [-0.3, -0.25) is 0 Å². The van der Waals surface area contributed by atoms with Crippen molar-refractivity contribution in [3.05, 3.63) is 28.8 Å². The Bertz CT molecular complexity index is 331. The van der Waals surface area contributed by atoms with E-state index in [1.807, 2.05) is 32.3 Å². The maximum absolute atomic E-state index is 6.22. The van der Waals surface area contributed by atoms with Crippen molar-refractivity contribution in [2.45, 2.75) is 12.5 Å². The van der Waals surface area contributed by atoms with Crippen molar-refractivity contribution in [3.63, 3.8) is 0 Å². The Morgan fingerprint density at radius 3 is 2.62 bits per heavy atom. The average Bonchev–Trinajstić information content (AvgIpc) is 2.31. The molecule has 16 heavy (non-hydrogen) atoms. The van der Waals surface area contributed by atoms with E-state index in [0.29, 0.717) is 0 Å². The highest BCUT2D eigenvalue weighted by molar-refractivity contribution is 6.31. The molecule has 90 valence electrons. The van der Waals surface area contributed by atoms with E-state index < -0.39 is 0 Å². The Morgan fingerprint density at radius 2 is 2.12 bits per heavy atom. The molecule has 0 aliphatic carbocycles. The van der Waals surface area contributed by atoms with Gasteiger partial charge in [0, 0.05) is 11.1 Å². The summed E-state index contributed by atoms with van der Waals surface area (Å²) in [5.41, 5.74) is 1.11. The van der Waals surface area contributed by atoms with Gasteiger partial charge in [-0.25, -0.2) is 0 Å². The molecule has 1 unspecified atom stereocenters.